The summed E-state index contributed by atoms with van der Waals surface area (Å²) in [6.07, 6.45) is 7.93. The number of rotatable bonds is 3. The van der Waals surface area contributed by atoms with Crippen molar-refractivity contribution in [3.05, 3.63) is 109 Å². The van der Waals surface area contributed by atoms with Crippen molar-refractivity contribution in [1.82, 2.24) is 0 Å². The standard InChI is InChI=1S/C27H23N/c1-20-13-16-24(17-14-20)28(25-18-15-21-7-2-3-9-23(21)19-25)27-12-6-10-22-8-4-5-11-26(22)27/h2-16,18-19,24H,17H2,1H3. The lowest BCUT2D eigenvalue weighted by molar-refractivity contribution is 0.782. The third-order valence-corrected chi connectivity index (χ3v) is 5.63. The summed E-state index contributed by atoms with van der Waals surface area (Å²) in [6.45, 7) is 2.17. The summed E-state index contributed by atoms with van der Waals surface area (Å²) in [7, 11) is 0. The summed E-state index contributed by atoms with van der Waals surface area (Å²) in [4.78, 5) is 2.49. The fourth-order valence-electron chi connectivity index (χ4n) is 4.16. The lowest BCUT2D eigenvalue weighted by atomic mass is 9.99. The monoisotopic (exact) mass is 361 g/mol. The molecule has 0 saturated carbocycles. The van der Waals surface area contributed by atoms with E-state index < -0.39 is 0 Å². The first-order chi connectivity index (χ1) is 13.8. The van der Waals surface area contributed by atoms with Gasteiger partial charge in [0.25, 0.3) is 0 Å². The Morgan fingerprint density at radius 1 is 0.750 bits per heavy atom. The van der Waals surface area contributed by atoms with E-state index in [2.05, 4.69) is 115 Å². The molecule has 136 valence electrons. The molecule has 0 fully saturated rings. The lowest BCUT2D eigenvalue weighted by Crippen LogP contribution is -2.30. The summed E-state index contributed by atoms with van der Waals surface area (Å²) >= 11 is 0. The van der Waals surface area contributed by atoms with Crippen LogP contribution in [0.4, 0.5) is 11.4 Å². The predicted octanol–water partition coefficient (Wildman–Crippen LogP) is 7.41. The zero-order valence-corrected chi connectivity index (χ0v) is 16.0. The van der Waals surface area contributed by atoms with E-state index in [0.29, 0.717) is 6.04 Å². The fourth-order valence-corrected chi connectivity index (χ4v) is 4.16. The molecule has 1 aliphatic carbocycles. The van der Waals surface area contributed by atoms with Gasteiger partial charge in [-0.3, -0.25) is 0 Å². The van der Waals surface area contributed by atoms with Gasteiger partial charge in [0, 0.05) is 16.8 Å². The first-order valence-corrected chi connectivity index (χ1v) is 9.90. The van der Waals surface area contributed by atoms with Crippen LogP contribution in [-0.2, 0) is 0 Å². The summed E-state index contributed by atoms with van der Waals surface area (Å²) in [5.41, 5.74) is 3.83. The first-order valence-electron chi connectivity index (χ1n) is 9.90. The van der Waals surface area contributed by atoms with Gasteiger partial charge in [-0.05, 0) is 47.7 Å². The van der Waals surface area contributed by atoms with Crippen LogP contribution in [0, 0.1) is 0 Å². The first kappa shape index (κ1) is 16.8. The lowest BCUT2D eigenvalue weighted by Gasteiger charge is -2.34. The maximum absolute atomic E-state index is 2.49. The van der Waals surface area contributed by atoms with E-state index in [9.17, 15) is 0 Å². The third-order valence-electron chi connectivity index (χ3n) is 5.63. The zero-order valence-electron chi connectivity index (χ0n) is 16.0. The van der Waals surface area contributed by atoms with Crippen LogP contribution in [-0.4, -0.2) is 6.04 Å². The van der Waals surface area contributed by atoms with E-state index in [1.165, 1.54) is 38.5 Å². The van der Waals surface area contributed by atoms with Crippen LogP contribution >= 0.6 is 0 Å². The molecule has 0 heterocycles. The topological polar surface area (TPSA) is 3.24 Å². The van der Waals surface area contributed by atoms with Gasteiger partial charge in [-0.1, -0.05) is 90.5 Å². The average Bonchev–Trinajstić information content (AvgIpc) is 2.75. The summed E-state index contributed by atoms with van der Waals surface area (Å²) < 4.78 is 0. The SMILES string of the molecule is CC1=CCC(N(c2ccc3ccccc3c2)c2cccc3ccccc23)C=C1. The molecule has 5 rings (SSSR count). The van der Waals surface area contributed by atoms with E-state index in [4.69, 9.17) is 0 Å². The smallest absolute Gasteiger partial charge is 0.0560 e. The van der Waals surface area contributed by atoms with Crippen LogP contribution < -0.4 is 4.90 Å². The van der Waals surface area contributed by atoms with Crippen molar-refractivity contribution in [3.63, 3.8) is 0 Å². The minimum absolute atomic E-state index is 0.302. The Morgan fingerprint density at radius 2 is 1.50 bits per heavy atom. The van der Waals surface area contributed by atoms with Gasteiger partial charge < -0.3 is 4.90 Å². The largest absolute Gasteiger partial charge is 0.334 e. The van der Waals surface area contributed by atoms with E-state index in [0.717, 1.165) is 6.42 Å². The molecule has 1 atom stereocenters. The van der Waals surface area contributed by atoms with Crippen LogP contribution in [0.1, 0.15) is 13.3 Å². The van der Waals surface area contributed by atoms with Crippen LogP contribution in [0.3, 0.4) is 0 Å². The van der Waals surface area contributed by atoms with Gasteiger partial charge in [0.15, 0.2) is 0 Å². The van der Waals surface area contributed by atoms with Gasteiger partial charge in [0.05, 0.1) is 6.04 Å². The van der Waals surface area contributed by atoms with Gasteiger partial charge in [-0.15, -0.1) is 0 Å². The summed E-state index contributed by atoms with van der Waals surface area (Å²) in [5, 5.41) is 5.12. The number of benzene rings is 4. The predicted molar refractivity (Wildman–Crippen MR) is 121 cm³/mol. The van der Waals surface area contributed by atoms with E-state index in [1.807, 2.05) is 0 Å². The second-order valence-electron chi connectivity index (χ2n) is 7.51. The van der Waals surface area contributed by atoms with Crippen molar-refractivity contribution >= 4 is 32.9 Å². The number of hydrogen-bond donors (Lipinski definition) is 0. The minimum Gasteiger partial charge on any atom is -0.334 e. The molecule has 4 aromatic carbocycles. The van der Waals surface area contributed by atoms with E-state index >= 15 is 0 Å². The van der Waals surface area contributed by atoms with Crippen LogP contribution in [0.25, 0.3) is 21.5 Å². The maximum atomic E-state index is 2.49. The van der Waals surface area contributed by atoms with Gasteiger partial charge >= 0.3 is 0 Å². The van der Waals surface area contributed by atoms with E-state index in [-0.39, 0.29) is 0 Å². The van der Waals surface area contributed by atoms with Crippen LogP contribution in [0.15, 0.2) is 109 Å². The van der Waals surface area contributed by atoms with Gasteiger partial charge in [-0.2, -0.15) is 0 Å². The van der Waals surface area contributed by atoms with Crippen LogP contribution in [0.5, 0.6) is 0 Å². The molecule has 0 saturated heterocycles. The van der Waals surface area contributed by atoms with Crippen LogP contribution in [0.2, 0.25) is 0 Å². The molecule has 1 nitrogen and oxygen atoms in total. The number of nitrogens with zero attached hydrogens (tertiary/aromatic N) is 1. The normalized spacial score (nSPS) is 16.3. The molecule has 0 N–H and O–H groups in total. The molecule has 1 heteroatoms. The number of anilines is 2. The molecule has 0 bridgehead atoms. The van der Waals surface area contributed by atoms with E-state index in [1.54, 1.807) is 0 Å². The summed E-state index contributed by atoms with van der Waals surface area (Å²) in [5.74, 6) is 0. The molecular weight excluding hydrogens is 338 g/mol. The van der Waals surface area contributed by atoms with Gasteiger partial charge in [-0.25, -0.2) is 0 Å². The van der Waals surface area contributed by atoms with Crippen molar-refractivity contribution in [2.45, 2.75) is 19.4 Å². The highest BCUT2D eigenvalue weighted by Gasteiger charge is 2.21. The van der Waals surface area contributed by atoms with Crippen molar-refractivity contribution in [1.29, 1.82) is 0 Å². The average molecular weight is 361 g/mol. The third kappa shape index (κ3) is 2.99. The molecule has 0 amide bonds. The highest BCUT2D eigenvalue weighted by atomic mass is 15.2. The Hall–Kier alpha value is -3.32. The fraction of sp³-hybridized carbons (Fsp3) is 0.111. The Kier molecular flexibility index (Phi) is 4.21. The summed E-state index contributed by atoms with van der Waals surface area (Å²) in [6, 6.07) is 31.0. The molecule has 1 unspecified atom stereocenters. The molecule has 0 aromatic heterocycles. The van der Waals surface area contributed by atoms with Crippen molar-refractivity contribution < 1.29 is 0 Å². The molecule has 4 aromatic rings. The Morgan fingerprint density at radius 3 is 2.32 bits per heavy atom. The van der Waals surface area contributed by atoms with Crippen molar-refractivity contribution in [3.8, 4) is 0 Å². The molecule has 0 radical (unpaired) electrons. The second-order valence-corrected chi connectivity index (χ2v) is 7.51. The molecule has 1 aliphatic rings. The molecule has 28 heavy (non-hydrogen) atoms. The van der Waals surface area contributed by atoms with Gasteiger partial charge in [0.2, 0.25) is 0 Å². The van der Waals surface area contributed by atoms with Crippen molar-refractivity contribution in [2.24, 2.45) is 0 Å². The Bertz CT molecular complexity index is 1210. The number of allylic oxidation sites excluding steroid dienone is 2. The minimum atomic E-state index is 0.302. The van der Waals surface area contributed by atoms with Gasteiger partial charge in [0.1, 0.15) is 0 Å². The Balaban J connectivity index is 1.71. The highest BCUT2D eigenvalue weighted by molar-refractivity contribution is 5.97. The number of fused-ring (bicyclic) bond motifs is 2. The second kappa shape index (κ2) is 7.01. The highest BCUT2D eigenvalue weighted by Crippen LogP contribution is 2.37. The molecule has 0 spiro atoms. The Labute approximate surface area is 166 Å². The van der Waals surface area contributed by atoms with Crippen molar-refractivity contribution in [2.75, 3.05) is 4.90 Å². The maximum Gasteiger partial charge on any atom is 0.0560 e. The molecule has 0 aliphatic heterocycles. The number of hydrogen-bond acceptors (Lipinski definition) is 1. The molecular formula is C27H23N. The zero-order chi connectivity index (χ0) is 18.9. The quantitative estimate of drug-likeness (QED) is 0.367.